The number of amides is 2. The van der Waals surface area contributed by atoms with Crippen LogP contribution in [0, 0.1) is 6.92 Å². The quantitative estimate of drug-likeness (QED) is 0.353. The van der Waals surface area contributed by atoms with Gasteiger partial charge in [-0.2, -0.15) is 0 Å². The third kappa shape index (κ3) is 6.42. The van der Waals surface area contributed by atoms with Crippen molar-refractivity contribution in [2.24, 2.45) is 5.73 Å². The molecule has 0 radical (unpaired) electrons. The number of nitrogens with zero attached hydrogens (tertiary/aromatic N) is 4. The van der Waals surface area contributed by atoms with Crippen LogP contribution >= 0.6 is 0 Å². The lowest BCUT2D eigenvalue weighted by atomic mass is 9.99. The van der Waals surface area contributed by atoms with Crippen LogP contribution in [0.4, 0.5) is 16.3 Å². The number of benzene rings is 2. The molecule has 3 heterocycles. The monoisotopic (exact) mass is 514 g/mol. The molecule has 1 aliphatic heterocycles. The molecular weight excluding hydrogens is 480 g/mol. The first-order valence-electron chi connectivity index (χ1n) is 12.6. The van der Waals surface area contributed by atoms with E-state index in [0.29, 0.717) is 30.1 Å². The highest BCUT2D eigenvalue weighted by Crippen LogP contribution is 2.31. The fourth-order valence-electron chi connectivity index (χ4n) is 4.47. The topological polar surface area (TPSA) is 108 Å². The Morgan fingerprint density at radius 2 is 1.79 bits per heavy atom. The first-order valence-corrected chi connectivity index (χ1v) is 12.6. The van der Waals surface area contributed by atoms with Crippen LogP contribution in [0.15, 0.2) is 79.0 Å². The third-order valence-electron chi connectivity index (χ3n) is 6.35. The maximum atomic E-state index is 11.1. The molecule has 1 atom stereocenters. The molecule has 1 unspecified atom stereocenters. The largest absolute Gasteiger partial charge is 0.481 e. The minimum absolute atomic E-state index is 0.482. The highest BCUT2D eigenvalue weighted by molar-refractivity contribution is 5.88. The van der Waals surface area contributed by atoms with Gasteiger partial charge in [0.05, 0.1) is 25.0 Å². The van der Waals surface area contributed by atoms with E-state index >= 15 is 0 Å². The van der Waals surface area contributed by atoms with Gasteiger partial charge in [-0.05, 0) is 44.0 Å². The van der Waals surface area contributed by atoms with E-state index in [4.69, 9.17) is 15.2 Å². The lowest BCUT2D eigenvalue weighted by molar-refractivity contribution is 0.259. The number of primary amides is 1. The minimum Gasteiger partial charge on any atom is -0.481 e. The van der Waals surface area contributed by atoms with E-state index < -0.39 is 6.03 Å². The average molecular weight is 515 g/mol. The number of rotatable bonds is 7. The van der Waals surface area contributed by atoms with Crippen molar-refractivity contribution in [1.82, 2.24) is 14.8 Å². The maximum Gasteiger partial charge on any atom is 0.317 e. The number of carbonyl (C=O) groups is 1. The lowest BCUT2D eigenvalue weighted by Crippen LogP contribution is -2.21. The van der Waals surface area contributed by atoms with E-state index in [1.54, 1.807) is 11.8 Å². The molecule has 198 valence electrons. The normalized spacial score (nSPS) is 14.4. The number of pyridine rings is 1. The number of ether oxygens (including phenoxy) is 2. The third-order valence-corrected chi connectivity index (χ3v) is 6.35. The minimum atomic E-state index is -0.636. The molecule has 4 aromatic rings. The Bertz CT molecular complexity index is 1330. The van der Waals surface area contributed by atoms with Crippen molar-refractivity contribution in [1.29, 1.82) is 0 Å². The summed E-state index contributed by atoms with van der Waals surface area (Å²) in [6.07, 6.45) is 3.01. The van der Waals surface area contributed by atoms with Crippen molar-refractivity contribution < 1.29 is 14.3 Å². The van der Waals surface area contributed by atoms with Crippen LogP contribution in [0.1, 0.15) is 30.4 Å². The van der Waals surface area contributed by atoms with Gasteiger partial charge in [0.1, 0.15) is 5.82 Å². The summed E-state index contributed by atoms with van der Waals surface area (Å²) in [5.74, 6) is 2.30. The molecule has 1 saturated heterocycles. The summed E-state index contributed by atoms with van der Waals surface area (Å²) in [6, 6.07) is 23.6. The summed E-state index contributed by atoms with van der Waals surface area (Å²) in [7, 11) is 1.66. The Labute approximate surface area is 223 Å². The summed E-state index contributed by atoms with van der Waals surface area (Å²) < 4.78 is 12.2. The number of carbonyl (C=O) groups excluding carboxylic acids is 1. The zero-order valence-corrected chi connectivity index (χ0v) is 22.0. The van der Waals surface area contributed by atoms with Crippen LogP contribution in [0.5, 0.6) is 11.8 Å². The van der Waals surface area contributed by atoms with Crippen molar-refractivity contribution in [3.8, 4) is 17.4 Å². The van der Waals surface area contributed by atoms with Crippen LogP contribution in [-0.2, 0) is 0 Å². The number of para-hydroxylation sites is 1. The molecular formula is C29H34N6O3. The molecule has 2 aromatic heterocycles. The highest BCUT2D eigenvalue weighted by atomic mass is 16.5. The molecule has 0 spiro atoms. The molecule has 0 saturated carbocycles. The van der Waals surface area contributed by atoms with Crippen molar-refractivity contribution in [2.75, 3.05) is 37.0 Å². The fraction of sp³-hybridized carbons (Fsp3) is 0.276. The van der Waals surface area contributed by atoms with Crippen LogP contribution < -0.4 is 25.4 Å². The molecule has 38 heavy (non-hydrogen) atoms. The molecule has 3 N–H and O–H groups in total. The van der Waals surface area contributed by atoms with Gasteiger partial charge in [0.15, 0.2) is 0 Å². The molecule has 1 fully saturated rings. The molecule has 9 nitrogen and oxygen atoms in total. The van der Waals surface area contributed by atoms with Gasteiger partial charge in [0.2, 0.25) is 11.8 Å². The Morgan fingerprint density at radius 3 is 2.45 bits per heavy atom. The molecule has 0 bridgehead atoms. The predicted octanol–water partition coefficient (Wildman–Crippen LogP) is 5.15. The average Bonchev–Trinajstić information content (AvgIpc) is 3.56. The van der Waals surface area contributed by atoms with Gasteiger partial charge in [-0.15, -0.1) is 5.10 Å². The number of nitrogens with two attached hydrogens (primary N) is 1. The number of nitrogens with one attached hydrogen (secondary N) is 1. The van der Waals surface area contributed by atoms with Crippen molar-refractivity contribution in [3.63, 3.8) is 0 Å². The van der Waals surface area contributed by atoms with Crippen LogP contribution in [0.3, 0.4) is 0 Å². The number of aromatic nitrogens is 3. The first-order chi connectivity index (χ1) is 18.5. The Balaban J connectivity index is 0.000000177. The van der Waals surface area contributed by atoms with E-state index in [-0.39, 0.29) is 0 Å². The molecule has 2 amide bonds. The fourth-order valence-corrected chi connectivity index (χ4v) is 4.47. The summed E-state index contributed by atoms with van der Waals surface area (Å²) in [6.45, 7) is 6.36. The predicted molar refractivity (Wildman–Crippen MR) is 149 cm³/mol. The summed E-state index contributed by atoms with van der Waals surface area (Å²) in [5, 5.41) is 6.93. The Morgan fingerprint density at radius 1 is 1.08 bits per heavy atom. The van der Waals surface area contributed by atoms with Crippen molar-refractivity contribution in [2.45, 2.75) is 26.2 Å². The van der Waals surface area contributed by atoms with Crippen LogP contribution in [0.2, 0.25) is 0 Å². The number of anilines is 2. The SMILES string of the molecule is CCOc1nn(-c2ccccc2)c(NC(N)=O)c1C.COc1cc(N2CCC(c3ccccc3)C2)ccn1. The van der Waals surface area contributed by atoms with Gasteiger partial charge in [-0.1, -0.05) is 48.5 Å². The standard InChI is InChI=1S/C16H18N2O.C13H16N4O2/c1-19-16-11-15(7-9-17-16)18-10-8-14(12-18)13-5-3-2-4-6-13;1-3-19-12-9(2)11(15-13(14)18)17(16-12)10-7-5-4-6-8-10/h2-7,9,11,14H,8,10,12H2,1H3;4-8H,3H2,1-2H3,(H3,14,15,18). The number of urea groups is 1. The van der Waals surface area contributed by atoms with Crippen molar-refractivity contribution >= 4 is 17.5 Å². The van der Waals surface area contributed by atoms with Crippen LogP contribution in [0.25, 0.3) is 5.69 Å². The maximum absolute atomic E-state index is 11.1. The van der Waals surface area contributed by atoms with Gasteiger partial charge >= 0.3 is 6.03 Å². The summed E-state index contributed by atoms with van der Waals surface area (Å²) in [5.41, 5.74) is 9.39. The Hall–Kier alpha value is -4.53. The highest BCUT2D eigenvalue weighted by Gasteiger charge is 2.24. The van der Waals surface area contributed by atoms with Gasteiger partial charge in [-0.3, -0.25) is 5.32 Å². The number of hydrogen-bond acceptors (Lipinski definition) is 6. The van der Waals surface area contributed by atoms with Gasteiger partial charge in [0.25, 0.3) is 0 Å². The molecule has 2 aromatic carbocycles. The van der Waals surface area contributed by atoms with Gasteiger partial charge in [0, 0.05) is 37.0 Å². The van der Waals surface area contributed by atoms with Gasteiger partial charge < -0.3 is 20.1 Å². The van der Waals surface area contributed by atoms with E-state index in [2.05, 4.69) is 56.7 Å². The number of methoxy groups -OCH3 is 1. The smallest absolute Gasteiger partial charge is 0.317 e. The van der Waals surface area contributed by atoms with Crippen molar-refractivity contribution in [3.05, 3.63) is 90.1 Å². The molecule has 9 heteroatoms. The summed E-state index contributed by atoms with van der Waals surface area (Å²) in [4.78, 5) is 17.7. The summed E-state index contributed by atoms with van der Waals surface area (Å²) >= 11 is 0. The van der Waals surface area contributed by atoms with Gasteiger partial charge in [-0.25, -0.2) is 14.5 Å². The second kappa shape index (κ2) is 12.6. The molecule has 0 aliphatic carbocycles. The second-order valence-electron chi connectivity index (χ2n) is 8.85. The second-order valence-corrected chi connectivity index (χ2v) is 8.85. The first kappa shape index (κ1) is 26.5. The van der Waals surface area contributed by atoms with Crippen LogP contribution in [-0.4, -0.2) is 47.6 Å². The van der Waals surface area contributed by atoms with E-state index in [9.17, 15) is 4.79 Å². The Kier molecular flexibility index (Phi) is 8.81. The molecule has 1 aliphatic rings. The lowest BCUT2D eigenvalue weighted by Gasteiger charge is -2.19. The van der Waals surface area contributed by atoms with E-state index in [0.717, 1.165) is 24.3 Å². The molecule has 5 rings (SSSR count). The zero-order chi connectivity index (χ0) is 26.9. The zero-order valence-electron chi connectivity index (χ0n) is 22.0. The van der Waals surface area contributed by atoms with E-state index in [1.807, 2.05) is 56.4 Å². The number of hydrogen-bond donors (Lipinski definition) is 2. The van der Waals surface area contributed by atoms with E-state index in [1.165, 1.54) is 17.7 Å².